The molecule has 0 bridgehead atoms. The van der Waals surface area contributed by atoms with E-state index in [2.05, 4.69) is 12.2 Å². The van der Waals surface area contributed by atoms with E-state index in [4.69, 9.17) is 14.9 Å². The standard InChI is InChI=1S/C20H22N3O4/c1-2-13-22-18(21)23(19(24)26-14-16-9-5-3-6-10-16)20(25)27-15-17-11-7-4-8-12-17/h3-12H,1-2,13-15H2,(H2,21,22). The maximum absolute atomic E-state index is 12.4. The average molecular weight is 368 g/mol. The molecular weight excluding hydrogens is 346 g/mol. The van der Waals surface area contributed by atoms with E-state index < -0.39 is 18.1 Å². The molecule has 2 N–H and O–H groups in total. The van der Waals surface area contributed by atoms with Gasteiger partial charge in [0, 0.05) is 6.54 Å². The molecule has 2 rings (SSSR count). The molecule has 2 amide bonds. The smallest absolute Gasteiger partial charge is 0.426 e. The number of benzene rings is 2. The van der Waals surface area contributed by atoms with E-state index in [0.29, 0.717) is 17.9 Å². The van der Waals surface area contributed by atoms with Crippen molar-refractivity contribution in [3.05, 3.63) is 78.7 Å². The summed E-state index contributed by atoms with van der Waals surface area (Å²) in [4.78, 5) is 25.3. The normalized spacial score (nSPS) is 9.96. The molecule has 0 atom stereocenters. The Morgan fingerprint density at radius 2 is 1.33 bits per heavy atom. The lowest BCUT2D eigenvalue weighted by atomic mass is 10.2. The van der Waals surface area contributed by atoms with Crippen molar-refractivity contribution in [3.8, 4) is 0 Å². The first kappa shape index (κ1) is 20.0. The maximum Gasteiger partial charge on any atom is 0.426 e. The zero-order valence-electron chi connectivity index (χ0n) is 14.9. The SMILES string of the molecule is [CH2]CCNC(=N)N(C(=O)OCc1ccccc1)C(=O)OCc1ccccc1. The molecule has 0 heterocycles. The Labute approximate surface area is 158 Å². The van der Waals surface area contributed by atoms with Crippen LogP contribution in [-0.4, -0.2) is 29.6 Å². The highest BCUT2D eigenvalue weighted by Crippen LogP contribution is 2.07. The minimum absolute atomic E-state index is 0.0231. The second-order valence-electron chi connectivity index (χ2n) is 5.54. The van der Waals surface area contributed by atoms with Gasteiger partial charge in [0.15, 0.2) is 0 Å². The molecule has 0 aliphatic heterocycles. The number of nitrogens with one attached hydrogen (secondary N) is 2. The van der Waals surface area contributed by atoms with Crippen molar-refractivity contribution in [1.82, 2.24) is 10.2 Å². The van der Waals surface area contributed by atoms with Crippen molar-refractivity contribution in [1.29, 1.82) is 5.41 Å². The van der Waals surface area contributed by atoms with Gasteiger partial charge in [0.05, 0.1) is 0 Å². The Balaban J connectivity index is 2.01. The highest BCUT2D eigenvalue weighted by molar-refractivity contribution is 6.06. The van der Waals surface area contributed by atoms with Gasteiger partial charge in [-0.2, -0.15) is 0 Å². The summed E-state index contributed by atoms with van der Waals surface area (Å²) in [6.45, 7) is 3.93. The van der Waals surface area contributed by atoms with Crippen LogP contribution < -0.4 is 5.32 Å². The number of carbonyl (C=O) groups excluding carboxylic acids is 2. The summed E-state index contributed by atoms with van der Waals surface area (Å²) in [5.41, 5.74) is 1.53. The van der Waals surface area contributed by atoms with Crippen molar-refractivity contribution < 1.29 is 19.1 Å². The van der Waals surface area contributed by atoms with Gasteiger partial charge >= 0.3 is 12.2 Å². The van der Waals surface area contributed by atoms with Crippen LogP contribution in [0.4, 0.5) is 9.59 Å². The number of rotatable bonds is 6. The number of nitrogens with zero attached hydrogens (tertiary/aromatic N) is 1. The summed E-state index contributed by atoms with van der Waals surface area (Å²) in [5, 5.41) is 10.6. The van der Waals surface area contributed by atoms with Gasteiger partial charge in [-0.3, -0.25) is 5.41 Å². The van der Waals surface area contributed by atoms with E-state index in [0.717, 1.165) is 11.1 Å². The molecule has 7 heteroatoms. The van der Waals surface area contributed by atoms with Gasteiger partial charge in [-0.15, -0.1) is 4.90 Å². The minimum atomic E-state index is -0.988. The number of guanidine groups is 1. The van der Waals surface area contributed by atoms with E-state index in [1.165, 1.54) is 0 Å². The summed E-state index contributed by atoms with van der Waals surface area (Å²) in [5.74, 6) is -0.422. The van der Waals surface area contributed by atoms with E-state index in [1.807, 2.05) is 36.4 Å². The number of imide groups is 1. The maximum atomic E-state index is 12.4. The Morgan fingerprint density at radius 1 is 0.889 bits per heavy atom. The van der Waals surface area contributed by atoms with E-state index in [-0.39, 0.29) is 13.2 Å². The van der Waals surface area contributed by atoms with Crippen LogP contribution in [0.2, 0.25) is 0 Å². The Kier molecular flexibility index (Phi) is 7.84. The van der Waals surface area contributed by atoms with Crippen LogP contribution >= 0.6 is 0 Å². The van der Waals surface area contributed by atoms with Crippen LogP contribution in [0, 0.1) is 12.3 Å². The highest BCUT2D eigenvalue weighted by Gasteiger charge is 2.29. The fourth-order valence-electron chi connectivity index (χ4n) is 2.11. The van der Waals surface area contributed by atoms with Crippen LogP contribution in [0.15, 0.2) is 60.7 Å². The summed E-state index contributed by atoms with van der Waals surface area (Å²) in [6, 6.07) is 18.1. The predicted molar refractivity (Wildman–Crippen MR) is 101 cm³/mol. The first-order valence-corrected chi connectivity index (χ1v) is 8.45. The summed E-state index contributed by atoms with van der Waals surface area (Å²) in [7, 11) is 0. The van der Waals surface area contributed by atoms with Crippen molar-refractivity contribution in [2.45, 2.75) is 19.6 Å². The molecule has 0 spiro atoms. The highest BCUT2D eigenvalue weighted by atomic mass is 16.6. The molecular formula is C20H22N3O4. The molecule has 2 aromatic rings. The zero-order valence-corrected chi connectivity index (χ0v) is 14.9. The topological polar surface area (TPSA) is 91.7 Å². The van der Waals surface area contributed by atoms with Gasteiger partial charge in [0.2, 0.25) is 5.96 Å². The predicted octanol–water partition coefficient (Wildman–Crippen LogP) is 3.71. The monoisotopic (exact) mass is 368 g/mol. The summed E-state index contributed by atoms with van der Waals surface area (Å²) < 4.78 is 10.3. The number of ether oxygens (including phenoxy) is 2. The van der Waals surface area contributed by atoms with Gasteiger partial charge in [-0.05, 0) is 17.5 Å². The minimum Gasteiger partial charge on any atom is -0.444 e. The van der Waals surface area contributed by atoms with Gasteiger partial charge in [0.25, 0.3) is 0 Å². The summed E-state index contributed by atoms with van der Waals surface area (Å²) in [6.07, 6.45) is -1.49. The van der Waals surface area contributed by atoms with Crippen molar-refractivity contribution in [2.24, 2.45) is 0 Å². The molecule has 1 radical (unpaired) electrons. The first-order valence-electron chi connectivity index (χ1n) is 8.45. The lowest BCUT2D eigenvalue weighted by Gasteiger charge is -2.21. The number of hydrogen-bond donors (Lipinski definition) is 2. The molecule has 0 aromatic heterocycles. The number of carbonyl (C=O) groups is 2. The first-order chi connectivity index (χ1) is 13.1. The van der Waals surface area contributed by atoms with Gasteiger partial charge in [-0.25, -0.2) is 9.59 Å². The van der Waals surface area contributed by atoms with Crippen molar-refractivity contribution in [3.63, 3.8) is 0 Å². The van der Waals surface area contributed by atoms with Crippen LogP contribution in [0.5, 0.6) is 0 Å². The van der Waals surface area contributed by atoms with Crippen LogP contribution in [0.1, 0.15) is 17.5 Å². The van der Waals surface area contributed by atoms with Crippen LogP contribution in [0.25, 0.3) is 0 Å². The lowest BCUT2D eigenvalue weighted by molar-refractivity contribution is 0.0879. The van der Waals surface area contributed by atoms with E-state index in [9.17, 15) is 9.59 Å². The molecule has 0 aliphatic rings. The molecule has 141 valence electrons. The molecule has 2 aromatic carbocycles. The summed E-state index contributed by atoms with van der Waals surface area (Å²) >= 11 is 0. The van der Waals surface area contributed by atoms with Gasteiger partial charge in [0.1, 0.15) is 13.2 Å². The lowest BCUT2D eigenvalue weighted by Crippen LogP contribution is -2.48. The zero-order chi connectivity index (χ0) is 19.5. The third-order valence-corrected chi connectivity index (χ3v) is 3.47. The molecule has 0 fully saturated rings. The largest absolute Gasteiger partial charge is 0.444 e. The van der Waals surface area contributed by atoms with Crippen molar-refractivity contribution in [2.75, 3.05) is 6.54 Å². The third kappa shape index (κ3) is 6.47. The second kappa shape index (κ2) is 10.6. The van der Waals surface area contributed by atoms with Gasteiger partial charge in [-0.1, -0.05) is 67.6 Å². The average Bonchev–Trinajstić information content (AvgIpc) is 2.71. The van der Waals surface area contributed by atoms with E-state index in [1.54, 1.807) is 24.3 Å². The Morgan fingerprint density at radius 3 is 1.74 bits per heavy atom. The quantitative estimate of drug-likeness (QED) is 0.599. The van der Waals surface area contributed by atoms with Gasteiger partial charge < -0.3 is 14.8 Å². The third-order valence-electron chi connectivity index (χ3n) is 3.47. The molecule has 27 heavy (non-hydrogen) atoms. The van der Waals surface area contributed by atoms with Crippen molar-refractivity contribution >= 4 is 18.1 Å². The molecule has 0 saturated heterocycles. The number of amides is 2. The second-order valence-corrected chi connectivity index (χ2v) is 5.54. The molecule has 0 saturated carbocycles. The molecule has 0 unspecified atom stereocenters. The fraction of sp³-hybridized carbons (Fsp3) is 0.200. The fourth-order valence-corrected chi connectivity index (χ4v) is 2.11. The van der Waals surface area contributed by atoms with E-state index >= 15 is 0 Å². The van der Waals surface area contributed by atoms with Crippen LogP contribution in [-0.2, 0) is 22.7 Å². The molecule has 7 nitrogen and oxygen atoms in total. The molecule has 0 aliphatic carbocycles. The Bertz CT molecular complexity index is 695. The Hall–Kier alpha value is -3.35. The number of hydrogen-bond acceptors (Lipinski definition) is 5. The van der Waals surface area contributed by atoms with Crippen LogP contribution in [0.3, 0.4) is 0 Å².